The molecule has 1 saturated heterocycles. The van der Waals surface area contributed by atoms with Crippen molar-refractivity contribution in [1.29, 1.82) is 0 Å². The average Bonchev–Trinajstić information content (AvgIpc) is 2.62. The van der Waals surface area contributed by atoms with Gasteiger partial charge < -0.3 is 4.74 Å². The molecule has 0 amide bonds. The van der Waals surface area contributed by atoms with Gasteiger partial charge in [-0.2, -0.15) is 13.2 Å². The van der Waals surface area contributed by atoms with Crippen molar-refractivity contribution in [2.45, 2.75) is 70.4 Å². The van der Waals surface area contributed by atoms with Crippen molar-refractivity contribution in [1.82, 2.24) is 4.90 Å². The second-order valence-corrected chi connectivity index (χ2v) is 9.72. The Morgan fingerprint density at radius 1 is 1.04 bits per heavy atom. The van der Waals surface area contributed by atoms with Crippen LogP contribution in [-0.2, 0) is 10.9 Å². The van der Waals surface area contributed by atoms with E-state index in [2.05, 4.69) is 30.9 Å². The van der Waals surface area contributed by atoms with E-state index in [1.807, 2.05) is 0 Å². The van der Waals surface area contributed by atoms with Gasteiger partial charge in [-0.3, -0.25) is 4.90 Å². The summed E-state index contributed by atoms with van der Waals surface area (Å²) in [6.45, 7) is 7.50. The van der Waals surface area contributed by atoms with Crippen LogP contribution in [0.4, 0.5) is 13.2 Å². The Balaban J connectivity index is 1.53. The molecule has 1 aromatic rings. The zero-order valence-corrected chi connectivity index (χ0v) is 18.6. The van der Waals surface area contributed by atoms with Gasteiger partial charge in [0.2, 0.25) is 0 Å². The van der Waals surface area contributed by atoms with Crippen molar-refractivity contribution < 1.29 is 17.9 Å². The Hall–Kier alpha value is -1.11. The van der Waals surface area contributed by atoms with Gasteiger partial charge in [0, 0.05) is 13.1 Å². The van der Waals surface area contributed by atoms with Crippen LogP contribution < -0.4 is 5.19 Å². The largest absolute Gasteiger partial charge is 0.416 e. The number of morpholine rings is 1. The quantitative estimate of drug-likeness (QED) is 0.317. The SMILES string of the molecule is CC1CN(CCCCCCC=CC[SiH2]c2ccccc2C(F)(F)F)CC(C)O1. The number of hydrogen-bond acceptors (Lipinski definition) is 2. The van der Waals surface area contributed by atoms with E-state index in [-0.39, 0.29) is 0 Å². The molecular formula is C22H34F3NOSi. The maximum absolute atomic E-state index is 13.0. The van der Waals surface area contributed by atoms with E-state index in [0.717, 1.165) is 38.5 Å². The average molecular weight is 414 g/mol. The van der Waals surface area contributed by atoms with Crippen LogP contribution in [0.2, 0.25) is 6.04 Å². The lowest BCUT2D eigenvalue weighted by molar-refractivity contribution is -0.136. The van der Waals surface area contributed by atoms with Crippen LogP contribution >= 0.6 is 0 Å². The molecule has 1 aromatic carbocycles. The molecule has 2 atom stereocenters. The minimum absolute atomic E-state index is 0.334. The summed E-state index contributed by atoms with van der Waals surface area (Å²) < 4.78 is 44.7. The van der Waals surface area contributed by atoms with Crippen molar-refractivity contribution in [3.8, 4) is 0 Å². The van der Waals surface area contributed by atoms with Gasteiger partial charge in [-0.1, -0.05) is 54.4 Å². The van der Waals surface area contributed by atoms with Crippen LogP contribution in [0.1, 0.15) is 51.5 Å². The summed E-state index contributed by atoms with van der Waals surface area (Å²) in [6, 6.07) is 6.81. The van der Waals surface area contributed by atoms with E-state index < -0.39 is 21.3 Å². The van der Waals surface area contributed by atoms with Crippen molar-refractivity contribution in [2.75, 3.05) is 19.6 Å². The van der Waals surface area contributed by atoms with Gasteiger partial charge in [0.05, 0.1) is 27.3 Å². The lowest BCUT2D eigenvalue weighted by Gasteiger charge is -2.35. The van der Waals surface area contributed by atoms with Crippen molar-refractivity contribution in [2.24, 2.45) is 0 Å². The molecule has 0 spiro atoms. The van der Waals surface area contributed by atoms with Crippen molar-refractivity contribution in [3.05, 3.63) is 42.0 Å². The molecule has 1 aliphatic rings. The molecule has 0 aliphatic carbocycles. The molecule has 0 saturated carbocycles. The lowest BCUT2D eigenvalue weighted by atomic mass is 10.1. The Morgan fingerprint density at radius 3 is 2.43 bits per heavy atom. The summed E-state index contributed by atoms with van der Waals surface area (Å²) >= 11 is 0. The normalized spacial score (nSPS) is 21.9. The number of hydrogen-bond donors (Lipinski definition) is 0. The monoisotopic (exact) mass is 413 g/mol. The smallest absolute Gasteiger partial charge is 0.373 e. The number of allylic oxidation sites excluding steroid dienone is 2. The Morgan fingerprint density at radius 2 is 1.71 bits per heavy atom. The van der Waals surface area contributed by atoms with E-state index >= 15 is 0 Å². The number of benzene rings is 1. The fourth-order valence-corrected chi connectivity index (χ4v) is 5.51. The second-order valence-electron chi connectivity index (χ2n) is 7.88. The van der Waals surface area contributed by atoms with Crippen molar-refractivity contribution >= 4 is 14.7 Å². The van der Waals surface area contributed by atoms with Gasteiger partial charge >= 0.3 is 6.18 Å². The molecule has 158 valence electrons. The predicted molar refractivity (Wildman–Crippen MR) is 113 cm³/mol. The standard InChI is InChI=1S/C22H34F3NOSi/c1-18-16-26(17-19(2)27-18)14-10-6-4-3-5-7-11-15-28-21-13-9-8-12-20(21)22(23,24)25/h7-9,11-13,18-19H,3-6,10,14-17,28H2,1-2H3. The third-order valence-electron chi connectivity index (χ3n) is 5.16. The number of unbranched alkanes of at least 4 members (excludes halogenated alkanes) is 4. The molecule has 1 aliphatic heterocycles. The van der Waals surface area contributed by atoms with Crippen LogP contribution in [0, 0.1) is 0 Å². The molecule has 2 unspecified atom stereocenters. The van der Waals surface area contributed by atoms with E-state index in [9.17, 15) is 13.2 Å². The highest BCUT2D eigenvalue weighted by Crippen LogP contribution is 2.27. The third-order valence-corrected chi connectivity index (χ3v) is 6.94. The minimum atomic E-state index is -4.23. The van der Waals surface area contributed by atoms with E-state index in [0.29, 0.717) is 17.4 Å². The number of rotatable bonds is 10. The Kier molecular flexibility index (Phi) is 9.75. The summed E-state index contributed by atoms with van der Waals surface area (Å²) in [5, 5.41) is 0.520. The van der Waals surface area contributed by atoms with Crippen LogP contribution in [0.15, 0.2) is 36.4 Å². The van der Waals surface area contributed by atoms with Crippen LogP contribution in [0.5, 0.6) is 0 Å². The summed E-state index contributed by atoms with van der Waals surface area (Å²) in [5.41, 5.74) is -0.445. The highest BCUT2D eigenvalue weighted by molar-refractivity contribution is 6.54. The van der Waals surface area contributed by atoms with Crippen LogP contribution in [-0.4, -0.2) is 46.3 Å². The van der Waals surface area contributed by atoms with Crippen LogP contribution in [0.25, 0.3) is 0 Å². The molecule has 1 fully saturated rings. The summed E-state index contributed by atoms with van der Waals surface area (Å²) in [5.74, 6) is 0. The predicted octanol–water partition coefficient (Wildman–Crippen LogP) is 4.53. The van der Waals surface area contributed by atoms with Crippen LogP contribution in [0.3, 0.4) is 0 Å². The molecule has 6 heteroatoms. The first-order valence-corrected chi connectivity index (χ1v) is 12.2. The van der Waals surface area contributed by atoms with Gasteiger partial charge in [0.1, 0.15) is 0 Å². The fourth-order valence-electron chi connectivity index (χ4n) is 3.91. The molecule has 0 N–H and O–H groups in total. The molecule has 0 bridgehead atoms. The highest BCUT2D eigenvalue weighted by atomic mass is 28.2. The molecule has 28 heavy (non-hydrogen) atoms. The number of ether oxygens (including phenoxy) is 1. The van der Waals surface area contributed by atoms with E-state index in [4.69, 9.17) is 4.74 Å². The van der Waals surface area contributed by atoms with Gasteiger partial charge in [-0.05, 0) is 45.7 Å². The highest BCUT2D eigenvalue weighted by Gasteiger charge is 2.32. The number of nitrogens with zero attached hydrogens (tertiary/aromatic N) is 1. The first-order chi connectivity index (χ1) is 13.4. The molecular weight excluding hydrogens is 379 g/mol. The zero-order chi connectivity index (χ0) is 20.4. The molecule has 2 rings (SSSR count). The first kappa shape index (κ1) is 23.2. The molecule has 0 aromatic heterocycles. The Bertz CT molecular complexity index is 596. The summed E-state index contributed by atoms with van der Waals surface area (Å²) in [7, 11) is -0.911. The molecule has 2 nitrogen and oxygen atoms in total. The maximum atomic E-state index is 13.0. The van der Waals surface area contributed by atoms with Crippen molar-refractivity contribution in [3.63, 3.8) is 0 Å². The fraction of sp³-hybridized carbons (Fsp3) is 0.636. The number of alkyl halides is 3. The van der Waals surface area contributed by atoms with E-state index in [1.54, 1.807) is 12.1 Å². The Labute approximate surface area is 170 Å². The van der Waals surface area contributed by atoms with E-state index in [1.165, 1.54) is 31.4 Å². The molecule has 1 heterocycles. The van der Waals surface area contributed by atoms with Gasteiger partial charge in [0.25, 0.3) is 0 Å². The summed E-state index contributed by atoms with van der Waals surface area (Å²) in [6.07, 6.45) is 6.53. The topological polar surface area (TPSA) is 12.5 Å². The van der Waals surface area contributed by atoms with Gasteiger partial charge in [-0.15, -0.1) is 0 Å². The lowest BCUT2D eigenvalue weighted by Crippen LogP contribution is -2.45. The minimum Gasteiger partial charge on any atom is -0.373 e. The summed E-state index contributed by atoms with van der Waals surface area (Å²) in [4.78, 5) is 2.50. The number of halogens is 3. The van der Waals surface area contributed by atoms with Gasteiger partial charge in [0.15, 0.2) is 0 Å². The maximum Gasteiger partial charge on any atom is 0.416 e. The molecule has 0 radical (unpaired) electrons. The second kappa shape index (κ2) is 11.8. The zero-order valence-electron chi connectivity index (χ0n) is 17.2. The van der Waals surface area contributed by atoms with Gasteiger partial charge in [-0.25, -0.2) is 0 Å². The third kappa shape index (κ3) is 8.49. The first-order valence-electron chi connectivity index (χ1n) is 10.5.